The minimum atomic E-state index is -0.424. The maximum absolute atomic E-state index is 13.4. The van der Waals surface area contributed by atoms with Crippen molar-refractivity contribution >= 4 is 28.8 Å². The minimum Gasteiger partial charge on any atom is -0.465 e. The Morgan fingerprint density at radius 3 is 3.04 bits per heavy atom. The monoisotopic (exact) mass is 359 g/mol. The third kappa shape index (κ3) is 3.83. The van der Waals surface area contributed by atoms with Gasteiger partial charge in [0.15, 0.2) is 5.13 Å². The highest BCUT2D eigenvalue weighted by Gasteiger charge is 2.31. The molecule has 0 bridgehead atoms. The number of amides is 1. The van der Waals surface area contributed by atoms with Gasteiger partial charge in [-0.1, -0.05) is 23.5 Å². The topological polar surface area (TPSA) is 92.1 Å². The average Bonchev–Trinajstić information content (AvgIpc) is 3.22. The van der Waals surface area contributed by atoms with Crippen molar-refractivity contribution in [1.82, 2.24) is 4.98 Å². The highest BCUT2D eigenvalue weighted by atomic mass is 32.1. The van der Waals surface area contributed by atoms with Crippen LogP contribution in [0.15, 0.2) is 24.3 Å². The number of carbonyl (C=O) groups is 2. The normalized spacial score (nSPS) is 19.2. The van der Waals surface area contributed by atoms with Crippen LogP contribution in [-0.2, 0) is 14.3 Å². The Labute approximate surface area is 147 Å². The fourth-order valence-electron chi connectivity index (χ4n) is 2.87. The number of nitrogens with zero attached hydrogens (tertiary/aromatic N) is 2. The Bertz CT molecular complexity index is 846. The van der Waals surface area contributed by atoms with Gasteiger partial charge in [-0.3, -0.25) is 9.59 Å². The molecule has 3 rings (SSSR count). The van der Waals surface area contributed by atoms with E-state index in [2.05, 4.69) is 10.3 Å². The van der Waals surface area contributed by atoms with Gasteiger partial charge >= 0.3 is 0 Å². The van der Waals surface area contributed by atoms with Crippen molar-refractivity contribution in [3.8, 4) is 17.3 Å². The zero-order chi connectivity index (χ0) is 17.8. The lowest BCUT2D eigenvalue weighted by Gasteiger charge is -2.09. The number of ether oxygens (including phenoxy) is 1. The van der Waals surface area contributed by atoms with Gasteiger partial charge in [0.25, 0.3) is 6.47 Å². The average molecular weight is 359 g/mol. The first-order chi connectivity index (χ1) is 12.1. The van der Waals surface area contributed by atoms with Gasteiger partial charge in [0.1, 0.15) is 28.6 Å². The SMILES string of the molecule is N#Cc1sc(NC(=O)C2CCC(OC=O)C2)nc1-c1cccc(F)c1. The van der Waals surface area contributed by atoms with Gasteiger partial charge in [-0.25, -0.2) is 9.37 Å². The summed E-state index contributed by atoms with van der Waals surface area (Å²) in [5.41, 5.74) is 0.824. The molecule has 2 atom stereocenters. The molecule has 1 aliphatic rings. The molecule has 1 aromatic carbocycles. The van der Waals surface area contributed by atoms with E-state index >= 15 is 0 Å². The van der Waals surface area contributed by atoms with Crippen LogP contribution in [0.3, 0.4) is 0 Å². The number of nitrogens with one attached hydrogen (secondary N) is 1. The van der Waals surface area contributed by atoms with Crippen LogP contribution in [0.25, 0.3) is 11.3 Å². The predicted octanol–water partition coefficient (Wildman–Crippen LogP) is 3.10. The molecule has 1 aliphatic carbocycles. The number of nitriles is 1. The van der Waals surface area contributed by atoms with Crippen molar-refractivity contribution in [2.75, 3.05) is 5.32 Å². The molecular weight excluding hydrogens is 345 g/mol. The summed E-state index contributed by atoms with van der Waals surface area (Å²) in [4.78, 5) is 27.3. The van der Waals surface area contributed by atoms with E-state index in [1.54, 1.807) is 6.07 Å². The van der Waals surface area contributed by atoms with E-state index in [-0.39, 0.29) is 17.9 Å². The molecule has 0 radical (unpaired) electrons. The number of hydrogen-bond acceptors (Lipinski definition) is 6. The zero-order valence-corrected chi connectivity index (χ0v) is 13.9. The van der Waals surface area contributed by atoms with Crippen molar-refractivity contribution in [2.45, 2.75) is 25.4 Å². The molecule has 1 fully saturated rings. The first-order valence-electron chi connectivity index (χ1n) is 7.67. The smallest absolute Gasteiger partial charge is 0.293 e. The van der Waals surface area contributed by atoms with Gasteiger partial charge < -0.3 is 10.1 Å². The van der Waals surface area contributed by atoms with Gasteiger partial charge in [0.05, 0.1) is 0 Å². The molecule has 0 spiro atoms. The lowest BCUT2D eigenvalue weighted by molar-refractivity contribution is -0.134. The molecule has 1 aromatic heterocycles. The van der Waals surface area contributed by atoms with Crippen molar-refractivity contribution in [1.29, 1.82) is 5.26 Å². The first-order valence-corrected chi connectivity index (χ1v) is 8.49. The van der Waals surface area contributed by atoms with Crippen LogP contribution in [-0.4, -0.2) is 23.5 Å². The minimum absolute atomic E-state index is 0.221. The van der Waals surface area contributed by atoms with Crippen molar-refractivity contribution < 1.29 is 18.7 Å². The second-order valence-electron chi connectivity index (χ2n) is 5.67. The molecule has 0 saturated heterocycles. The van der Waals surface area contributed by atoms with Crippen LogP contribution in [0.4, 0.5) is 9.52 Å². The molecule has 25 heavy (non-hydrogen) atoms. The molecular formula is C17H14FN3O3S. The van der Waals surface area contributed by atoms with Crippen molar-refractivity contribution in [3.05, 3.63) is 35.0 Å². The van der Waals surface area contributed by atoms with E-state index in [9.17, 15) is 19.2 Å². The van der Waals surface area contributed by atoms with Crippen LogP contribution in [0.1, 0.15) is 24.1 Å². The molecule has 1 saturated carbocycles. The number of hydrogen-bond donors (Lipinski definition) is 1. The van der Waals surface area contributed by atoms with E-state index in [1.165, 1.54) is 18.2 Å². The van der Waals surface area contributed by atoms with Crippen LogP contribution in [0.5, 0.6) is 0 Å². The summed E-state index contributed by atoms with van der Waals surface area (Å²) in [5, 5.41) is 12.3. The van der Waals surface area contributed by atoms with E-state index in [4.69, 9.17) is 4.74 Å². The highest BCUT2D eigenvalue weighted by Crippen LogP contribution is 2.33. The van der Waals surface area contributed by atoms with E-state index < -0.39 is 5.82 Å². The highest BCUT2D eigenvalue weighted by molar-refractivity contribution is 7.16. The first kappa shape index (κ1) is 17.0. The van der Waals surface area contributed by atoms with Crippen LogP contribution in [0, 0.1) is 23.1 Å². The largest absolute Gasteiger partial charge is 0.465 e. The summed E-state index contributed by atoms with van der Waals surface area (Å²) in [7, 11) is 0. The molecule has 1 heterocycles. The predicted molar refractivity (Wildman–Crippen MR) is 89.1 cm³/mol. The Morgan fingerprint density at radius 2 is 2.32 bits per heavy atom. The number of aromatic nitrogens is 1. The Balaban J connectivity index is 1.75. The number of rotatable bonds is 5. The van der Waals surface area contributed by atoms with E-state index in [1.807, 2.05) is 6.07 Å². The van der Waals surface area contributed by atoms with Gasteiger partial charge in [-0.2, -0.15) is 5.26 Å². The number of thiazole rings is 1. The van der Waals surface area contributed by atoms with Crippen LogP contribution >= 0.6 is 11.3 Å². The third-order valence-electron chi connectivity index (χ3n) is 4.06. The van der Waals surface area contributed by atoms with Crippen LogP contribution < -0.4 is 5.32 Å². The fourth-order valence-corrected chi connectivity index (χ4v) is 3.66. The van der Waals surface area contributed by atoms with Gasteiger partial charge in [-0.15, -0.1) is 0 Å². The summed E-state index contributed by atoms with van der Waals surface area (Å²) in [5.74, 6) is -0.912. The zero-order valence-electron chi connectivity index (χ0n) is 13.1. The molecule has 2 unspecified atom stereocenters. The van der Waals surface area contributed by atoms with E-state index in [0.29, 0.717) is 47.0 Å². The summed E-state index contributed by atoms with van der Waals surface area (Å²) in [6.45, 7) is 0.399. The fraction of sp³-hybridized carbons (Fsp3) is 0.294. The summed E-state index contributed by atoms with van der Waals surface area (Å²) >= 11 is 1.04. The number of anilines is 1. The second kappa shape index (κ2) is 7.40. The van der Waals surface area contributed by atoms with Crippen LogP contribution in [0.2, 0.25) is 0 Å². The third-order valence-corrected chi connectivity index (χ3v) is 4.94. The van der Waals surface area contributed by atoms with Crippen molar-refractivity contribution in [2.24, 2.45) is 5.92 Å². The molecule has 0 aliphatic heterocycles. The second-order valence-corrected chi connectivity index (χ2v) is 6.67. The standard InChI is InChI=1S/C17H14FN3O3S/c18-12-3-1-2-10(6-12)15-14(8-19)25-17(20-15)21-16(23)11-4-5-13(7-11)24-9-22/h1-3,6,9,11,13H,4-5,7H2,(H,20,21,23). The van der Waals surface area contributed by atoms with Crippen molar-refractivity contribution in [3.63, 3.8) is 0 Å². The summed E-state index contributed by atoms with van der Waals surface area (Å²) < 4.78 is 18.3. The lowest BCUT2D eigenvalue weighted by Crippen LogP contribution is -2.21. The number of halogens is 1. The maximum atomic E-state index is 13.4. The number of benzene rings is 1. The Morgan fingerprint density at radius 1 is 1.48 bits per heavy atom. The molecule has 6 nitrogen and oxygen atoms in total. The summed E-state index contributed by atoms with van der Waals surface area (Å²) in [6, 6.07) is 7.82. The van der Waals surface area contributed by atoms with Gasteiger partial charge in [-0.05, 0) is 31.4 Å². The quantitative estimate of drug-likeness (QED) is 0.828. The molecule has 1 N–H and O–H groups in total. The summed E-state index contributed by atoms with van der Waals surface area (Å²) in [6.07, 6.45) is 1.50. The molecule has 128 valence electrons. The molecule has 8 heteroatoms. The number of carbonyl (C=O) groups excluding carboxylic acids is 2. The Kier molecular flexibility index (Phi) is 5.05. The van der Waals surface area contributed by atoms with E-state index in [0.717, 1.165) is 11.3 Å². The Hall–Kier alpha value is -2.79. The maximum Gasteiger partial charge on any atom is 0.293 e. The van der Waals surface area contributed by atoms with Gasteiger partial charge in [0, 0.05) is 11.5 Å². The van der Waals surface area contributed by atoms with Gasteiger partial charge in [0.2, 0.25) is 5.91 Å². The molecule has 2 aromatic rings. The molecule has 1 amide bonds. The lowest BCUT2D eigenvalue weighted by atomic mass is 10.1.